The minimum atomic E-state index is 0.610. The van der Waals surface area contributed by atoms with Crippen molar-refractivity contribution in [3.8, 4) is 0 Å². The Bertz CT molecular complexity index is 684. The molecule has 0 aromatic carbocycles. The van der Waals surface area contributed by atoms with Crippen molar-refractivity contribution < 1.29 is 0 Å². The second-order valence-corrected chi connectivity index (χ2v) is 6.44. The average Bonchev–Trinajstić information content (AvgIpc) is 2.95. The summed E-state index contributed by atoms with van der Waals surface area (Å²) in [6.07, 6.45) is 6.87. The van der Waals surface area contributed by atoms with Crippen molar-refractivity contribution in [2.75, 3.05) is 29.9 Å². The second kappa shape index (κ2) is 5.72. The largest absolute Gasteiger partial charge is 0.383 e. The van der Waals surface area contributed by atoms with Crippen LogP contribution in [-0.2, 0) is 12.8 Å². The van der Waals surface area contributed by atoms with Crippen LogP contribution >= 0.6 is 11.6 Å². The number of nitrogens with one attached hydrogen (secondary N) is 1. The lowest BCUT2D eigenvalue weighted by Crippen LogP contribution is -2.50. The summed E-state index contributed by atoms with van der Waals surface area (Å²) >= 11 is 6.09. The second-order valence-electron chi connectivity index (χ2n) is 6.04. The zero-order chi connectivity index (χ0) is 14.9. The molecule has 2 aromatic heterocycles. The van der Waals surface area contributed by atoms with Gasteiger partial charge in [-0.05, 0) is 37.0 Å². The van der Waals surface area contributed by atoms with Crippen LogP contribution in [0.1, 0.15) is 17.7 Å². The van der Waals surface area contributed by atoms with E-state index in [2.05, 4.69) is 31.5 Å². The predicted molar refractivity (Wildman–Crippen MR) is 87.5 cm³/mol. The fraction of sp³-hybridized carbons (Fsp3) is 0.438. The molecular weight excluding hydrogens is 298 g/mol. The van der Waals surface area contributed by atoms with E-state index in [1.807, 2.05) is 6.07 Å². The summed E-state index contributed by atoms with van der Waals surface area (Å²) in [5.74, 6) is 1.64. The number of aryl methyl sites for hydroxylation is 2. The molecule has 2 aromatic rings. The fourth-order valence-electron chi connectivity index (χ4n) is 3.13. The molecule has 5 nitrogen and oxygen atoms in total. The third kappa shape index (κ3) is 2.61. The van der Waals surface area contributed by atoms with Gasteiger partial charge in [0.05, 0.1) is 16.4 Å². The van der Waals surface area contributed by atoms with Crippen LogP contribution in [0.2, 0.25) is 5.02 Å². The van der Waals surface area contributed by atoms with Gasteiger partial charge in [0.15, 0.2) is 5.82 Å². The van der Waals surface area contributed by atoms with Crippen LogP contribution in [0.5, 0.6) is 0 Å². The van der Waals surface area contributed by atoms with Gasteiger partial charge < -0.3 is 10.2 Å². The molecular formula is C16H18ClN5. The minimum absolute atomic E-state index is 0.610. The molecule has 0 bridgehead atoms. The number of hydrogen-bond donors (Lipinski definition) is 1. The Hall–Kier alpha value is -1.88. The Morgan fingerprint density at radius 3 is 3.05 bits per heavy atom. The standard InChI is InChI=1S/C16H18ClN5/c17-13-8-18-5-4-15(13)19-7-11-9-22(10-11)16-6-12-2-1-3-14(12)20-21-16/h4-6,8,11H,1-3,7,9-10H2,(H,18,19). The van der Waals surface area contributed by atoms with Crippen molar-refractivity contribution >= 4 is 23.1 Å². The topological polar surface area (TPSA) is 53.9 Å². The summed E-state index contributed by atoms with van der Waals surface area (Å²) in [5.41, 5.74) is 3.53. The van der Waals surface area contributed by atoms with Gasteiger partial charge in [-0.2, -0.15) is 5.10 Å². The maximum atomic E-state index is 6.09. The van der Waals surface area contributed by atoms with Crippen molar-refractivity contribution in [2.45, 2.75) is 19.3 Å². The molecule has 4 rings (SSSR count). The van der Waals surface area contributed by atoms with Crippen molar-refractivity contribution in [3.63, 3.8) is 0 Å². The van der Waals surface area contributed by atoms with Crippen molar-refractivity contribution in [1.29, 1.82) is 0 Å². The van der Waals surface area contributed by atoms with Crippen LogP contribution in [0.4, 0.5) is 11.5 Å². The zero-order valence-electron chi connectivity index (χ0n) is 12.3. The lowest BCUT2D eigenvalue weighted by Gasteiger charge is -2.40. The summed E-state index contributed by atoms with van der Waals surface area (Å²) in [7, 11) is 0. The lowest BCUT2D eigenvalue weighted by atomic mass is 10.00. The van der Waals surface area contributed by atoms with E-state index in [-0.39, 0.29) is 0 Å². The predicted octanol–water partition coefficient (Wildman–Crippen LogP) is 2.56. The van der Waals surface area contributed by atoms with E-state index < -0.39 is 0 Å². The molecule has 3 heterocycles. The van der Waals surface area contributed by atoms with Gasteiger partial charge in [-0.15, -0.1) is 5.10 Å². The summed E-state index contributed by atoms with van der Waals surface area (Å²) in [4.78, 5) is 6.29. The molecule has 22 heavy (non-hydrogen) atoms. The normalized spacial score (nSPS) is 17.2. The summed E-state index contributed by atoms with van der Waals surface area (Å²) in [5, 5.41) is 12.8. The first-order valence-electron chi connectivity index (χ1n) is 7.73. The Morgan fingerprint density at radius 2 is 2.18 bits per heavy atom. The van der Waals surface area contributed by atoms with E-state index in [0.29, 0.717) is 10.9 Å². The van der Waals surface area contributed by atoms with Crippen LogP contribution in [0.25, 0.3) is 0 Å². The molecule has 6 heteroatoms. The van der Waals surface area contributed by atoms with Gasteiger partial charge in [-0.1, -0.05) is 11.6 Å². The first kappa shape index (κ1) is 13.8. The number of aromatic nitrogens is 3. The lowest BCUT2D eigenvalue weighted by molar-refractivity contribution is 0.425. The summed E-state index contributed by atoms with van der Waals surface area (Å²) in [6.45, 7) is 2.95. The summed E-state index contributed by atoms with van der Waals surface area (Å²) < 4.78 is 0. The molecule has 0 spiro atoms. The van der Waals surface area contributed by atoms with Crippen LogP contribution in [0.15, 0.2) is 24.5 Å². The molecule has 0 radical (unpaired) electrons. The molecule has 0 atom stereocenters. The van der Waals surface area contributed by atoms with Crippen LogP contribution in [0.3, 0.4) is 0 Å². The highest BCUT2D eigenvalue weighted by atomic mass is 35.5. The Balaban J connectivity index is 1.32. The van der Waals surface area contributed by atoms with Gasteiger partial charge in [-0.25, -0.2) is 0 Å². The van der Waals surface area contributed by atoms with E-state index in [1.54, 1.807) is 12.4 Å². The monoisotopic (exact) mass is 315 g/mol. The maximum Gasteiger partial charge on any atom is 0.151 e. The molecule has 2 aliphatic rings. The number of fused-ring (bicyclic) bond motifs is 1. The Kier molecular flexibility index (Phi) is 3.58. The number of nitrogens with zero attached hydrogens (tertiary/aromatic N) is 4. The molecule has 1 aliphatic carbocycles. The molecule has 0 saturated carbocycles. The fourth-order valence-corrected chi connectivity index (χ4v) is 3.32. The number of anilines is 2. The highest BCUT2D eigenvalue weighted by Crippen LogP contribution is 2.28. The minimum Gasteiger partial charge on any atom is -0.383 e. The highest BCUT2D eigenvalue weighted by Gasteiger charge is 2.28. The molecule has 0 unspecified atom stereocenters. The molecule has 0 amide bonds. The maximum absolute atomic E-state index is 6.09. The van der Waals surface area contributed by atoms with Gasteiger partial charge >= 0.3 is 0 Å². The molecule has 1 aliphatic heterocycles. The average molecular weight is 316 g/mol. The van der Waals surface area contributed by atoms with Gasteiger partial charge in [0.1, 0.15) is 0 Å². The Morgan fingerprint density at radius 1 is 1.27 bits per heavy atom. The van der Waals surface area contributed by atoms with Crippen molar-refractivity contribution in [3.05, 3.63) is 40.8 Å². The molecule has 1 N–H and O–H groups in total. The van der Waals surface area contributed by atoms with E-state index in [9.17, 15) is 0 Å². The van der Waals surface area contributed by atoms with E-state index in [1.165, 1.54) is 17.7 Å². The molecule has 1 saturated heterocycles. The zero-order valence-corrected chi connectivity index (χ0v) is 13.1. The molecule has 114 valence electrons. The van der Waals surface area contributed by atoms with Crippen molar-refractivity contribution in [1.82, 2.24) is 15.2 Å². The summed E-state index contributed by atoms with van der Waals surface area (Å²) in [6, 6.07) is 4.13. The first-order chi connectivity index (χ1) is 10.8. The first-order valence-corrected chi connectivity index (χ1v) is 8.11. The van der Waals surface area contributed by atoms with Crippen LogP contribution in [-0.4, -0.2) is 34.8 Å². The van der Waals surface area contributed by atoms with Gasteiger partial charge in [0, 0.05) is 37.9 Å². The third-order valence-electron chi connectivity index (χ3n) is 4.44. The number of pyridine rings is 1. The van der Waals surface area contributed by atoms with Gasteiger partial charge in [0.2, 0.25) is 0 Å². The van der Waals surface area contributed by atoms with Crippen LogP contribution < -0.4 is 10.2 Å². The quantitative estimate of drug-likeness (QED) is 0.939. The SMILES string of the molecule is Clc1cnccc1NCC1CN(c2cc3c(nn2)CCC3)C1. The number of hydrogen-bond acceptors (Lipinski definition) is 5. The smallest absolute Gasteiger partial charge is 0.151 e. The van der Waals surface area contributed by atoms with Crippen LogP contribution in [0, 0.1) is 5.92 Å². The third-order valence-corrected chi connectivity index (χ3v) is 4.74. The van der Waals surface area contributed by atoms with Gasteiger partial charge in [0.25, 0.3) is 0 Å². The number of halogens is 1. The van der Waals surface area contributed by atoms with Crippen molar-refractivity contribution in [2.24, 2.45) is 5.92 Å². The van der Waals surface area contributed by atoms with Gasteiger partial charge in [-0.3, -0.25) is 4.98 Å². The van der Waals surface area contributed by atoms with E-state index >= 15 is 0 Å². The number of rotatable bonds is 4. The Labute approximate surface area is 134 Å². The highest BCUT2D eigenvalue weighted by molar-refractivity contribution is 6.33. The van der Waals surface area contributed by atoms with E-state index in [0.717, 1.165) is 44.0 Å². The van der Waals surface area contributed by atoms with E-state index in [4.69, 9.17) is 11.6 Å². The molecule has 1 fully saturated rings.